The first-order valence-electron chi connectivity index (χ1n) is 6.71. The van der Waals surface area contributed by atoms with Crippen LogP contribution in [0.2, 0.25) is 0 Å². The van der Waals surface area contributed by atoms with Crippen LogP contribution in [0.4, 0.5) is 0 Å². The molecule has 2 unspecified atom stereocenters. The average molecular weight is 353 g/mol. The van der Waals surface area contributed by atoms with Crippen LogP contribution in [0.3, 0.4) is 0 Å². The Morgan fingerprint density at radius 1 is 1.45 bits per heavy atom. The highest BCUT2D eigenvalue weighted by molar-refractivity contribution is 9.10. The molecule has 2 aromatic rings. The Morgan fingerprint density at radius 3 is 2.85 bits per heavy atom. The molecule has 2 atom stereocenters. The predicted octanol–water partition coefficient (Wildman–Crippen LogP) is 3.39. The lowest BCUT2D eigenvalue weighted by Crippen LogP contribution is -2.39. The Balaban J connectivity index is 1.80. The SMILES string of the molecule is CC1N(Cc2ccccc2)CCC1(O)c1scnc1Br. The standard InChI is InChI=1S/C15H17BrN2OS/c1-11-15(19,13-14(16)17-10-20-13)7-8-18(11)9-12-5-3-2-4-6-12/h2-6,10-11,19H,7-9H2,1H3. The van der Waals surface area contributed by atoms with Gasteiger partial charge < -0.3 is 5.11 Å². The zero-order valence-corrected chi connectivity index (χ0v) is 13.7. The van der Waals surface area contributed by atoms with Crippen molar-refractivity contribution in [3.63, 3.8) is 0 Å². The van der Waals surface area contributed by atoms with Gasteiger partial charge in [0.2, 0.25) is 0 Å². The summed E-state index contributed by atoms with van der Waals surface area (Å²) >= 11 is 4.97. The predicted molar refractivity (Wildman–Crippen MR) is 84.6 cm³/mol. The van der Waals surface area contributed by atoms with Gasteiger partial charge in [-0.05, 0) is 34.8 Å². The van der Waals surface area contributed by atoms with Crippen molar-refractivity contribution in [1.29, 1.82) is 0 Å². The lowest BCUT2D eigenvalue weighted by atomic mass is 9.94. The summed E-state index contributed by atoms with van der Waals surface area (Å²) in [5.74, 6) is 0. The minimum Gasteiger partial charge on any atom is -0.383 e. The third-order valence-corrected chi connectivity index (χ3v) is 6.02. The lowest BCUT2D eigenvalue weighted by molar-refractivity contribution is 0.00725. The van der Waals surface area contributed by atoms with Crippen molar-refractivity contribution in [3.05, 3.63) is 50.9 Å². The molecule has 2 heterocycles. The number of hydrogen-bond donors (Lipinski definition) is 1. The quantitative estimate of drug-likeness (QED) is 0.919. The molecule has 1 aromatic heterocycles. The molecule has 0 radical (unpaired) electrons. The maximum atomic E-state index is 11.0. The number of hydrogen-bond acceptors (Lipinski definition) is 4. The molecule has 3 nitrogen and oxygen atoms in total. The van der Waals surface area contributed by atoms with Gasteiger partial charge >= 0.3 is 0 Å². The molecule has 1 fully saturated rings. The topological polar surface area (TPSA) is 36.4 Å². The van der Waals surface area contributed by atoms with E-state index < -0.39 is 5.60 Å². The molecule has 106 valence electrons. The average Bonchev–Trinajstić information content (AvgIpc) is 3.00. The van der Waals surface area contributed by atoms with E-state index in [9.17, 15) is 5.11 Å². The van der Waals surface area contributed by atoms with E-state index in [1.807, 2.05) is 6.07 Å². The zero-order valence-electron chi connectivity index (χ0n) is 11.3. The van der Waals surface area contributed by atoms with Gasteiger partial charge in [-0.2, -0.15) is 0 Å². The molecule has 1 aliphatic heterocycles. The maximum Gasteiger partial charge on any atom is 0.123 e. The van der Waals surface area contributed by atoms with Crippen LogP contribution in [0.25, 0.3) is 0 Å². The summed E-state index contributed by atoms with van der Waals surface area (Å²) in [6, 6.07) is 10.5. The Hall–Kier alpha value is -0.750. The number of aliphatic hydroxyl groups is 1. The smallest absolute Gasteiger partial charge is 0.123 e. The van der Waals surface area contributed by atoms with Crippen molar-refractivity contribution in [2.45, 2.75) is 31.5 Å². The summed E-state index contributed by atoms with van der Waals surface area (Å²) in [7, 11) is 0. The first-order chi connectivity index (χ1) is 9.61. The molecule has 0 bridgehead atoms. The number of thiazole rings is 1. The summed E-state index contributed by atoms with van der Waals surface area (Å²) in [6.07, 6.45) is 0.752. The van der Waals surface area contributed by atoms with Gasteiger partial charge in [0.15, 0.2) is 0 Å². The van der Waals surface area contributed by atoms with Crippen LogP contribution in [0.5, 0.6) is 0 Å². The van der Waals surface area contributed by atoms with Crippen LogP contribution in [0.15, 0.2) is 40.4 Å². The van der Waals surface area contributed by atoms with E-state index in [1.54, 1.807) is 5.51 Å². The number of likely N-dealkylation sites (tertiary alicyclic amines) is 1. The first-order valence-corrected chi connectivity index (χ1v) is 8.38. The fourth-order valence-corrected chi connectivity index (χ4v) is 4.62. The van der Waals surface area contributed by atoms with Crippen LogP contribution in [-0.4, -0.2) is 27.6 Å². The number of rotatable bonds is 3. The van der Waals surface area contributed by atoms with Crippen molar-refractivity contribution in [2.75, 3.05) is 6.54 Å². The fraction of sp³-hybridized carbons (Fsp3) is 0.400. The molecule has 0 aliphatic carbocycles. The molecule has 1 N–H and O–H groups in total. The highest BCUT2D eigenvalue weighted by Crippen LogP contribution is 2.42. The first kappa shape index (κ1) is 14.2. The molecule has 1 aromatic carbocycles. The minimum absolute atomic E-state index is 0.0828. The lowest BCUT2D eigenvalue weighted by Gasteiger charge is -2.30. The second-order valence-corrected chi connectivity index (χ2v) is 6.88. The second kappa shape index (κ2) is 5.56. The van der Waals surface area contributed by atoms with E-state index >= 15 is 0 Å². The van der Waals surface area contributed by atoms with Crippen LogP contribution >= 0.6 is 27.3 Å². The van der Waals surface area contributed by atoms with Crippen LogP contribution in [0.1, 0.15) is 23.8 Å². The molecule has 1 aliphatic rings. The molecule has 5 heteroatoms. The third-order valence-electron chi connectivity index (χ3n) is 4.16. The van der Waals surface area contributed by atoms with E-state index in [0.717, 1.165) is 29.0 Å². The van der Waals surface area contributed by atoms with Gasteiger partial charge in [-0.1, -0.05) is 30.3 Å². The van der Waals surface area contributed by atoms with Gasteiger partial charge in [0.05, 0.1) is 10.4 Å². The highest BCUT2D eigenvalue weighted by atomic mass is 79.9. The number of halogens is 1. The van der Waals surface area contributed by atoms with Gasteiger partial charge in [-0.3, -0.25) is 4.90 Å². The second-order valence-electron chi connectivity index (χ2n) is 5.28. The Morgan fingerprint density at radius 2 is 2.20 bits per heavy atom. The van der Waals surface area contributed by atoms with Crippen molar-refractivity contribution in [3.8, 4) is 0 Å². The van der Waals surface area contributed by atoms with Crippen molar-refractivity contribution in [1.82, 2.24) is 9.88 Å². The van der Waals surface area contributed by atoms with Gasteiger partial charge in [-0.25, -0.2) is 4.98 Å². The molecule has 0 amide bonds. The van der Waals surface area contributed by atoms with Crippen LogP contribution in [-0.2, 0) is 12.1 Å². The number of aromatic nitrogens is 1. The molecule has 1 saturated heterocycles. The molecule has 0 saturated carbocycles. The molecule has 0 spiro atoms. The van der Waals surface area contributed by atoms with E-state index in [1.165, 1.54) is 16.9 Å². The fourth-order valence-electron chi connectivity index (χ4n) is 2.87. The zero-order chi connectivity index (χ0) is 14.2. The van der Waals surface area contributed by atoms with Crippen molar-refractivity contribution < 1.29 is 5.11 Å². The summed E-state index contributed by atoms with van der Waals surface area (Å²) in [6.45, 7) is 3.87. The molecule has 20 heavy (non-hydrogen) atoms. The van der Waals surface area contributed by atoms with Gasteiger partial charge in [0.25, 0.3) is 0 Å². The molecular formula is C15H17BrN2OS. The minimum atomic E-state index is -0.797. The summed E-state index contributed by atoms with van der Waals surface area (Å²) < 4.78 is 0.776. The monoisotopic (exact) mass is 352 g/mol. The van der Waals surface area contributed by atoms with Crippen molar-refractivity contribution in [2.24, 2.45) is 0 Å². The number of nitrogens with zero attached hydrogens (tertiary/aromatic N) is 2. The Bertz CT molecular complexity index is 589. The highest BCUT2D eigenvalue weighted by Gasteiger charge is 2.46. The molecular weight excluding hydrogens is 336 g/mol. The summed E-state index contributed by atoms with van der Waals surface area (Å²) in [5, 5.41) is 11.0. The van der Waals surface area contributed by atoms with E-state index in [-0.39, 0.29) is 6.04 Å². The van der Waals surface area contributed by atoms with E-state index in [4.69, 9.17) is 0 Å². The Kier molecular flexibility index (Phi) is 3.95. The van der Waals surface area contributed by atoms with Crippen molar-refractivity contribution >= 4 is 27.3 Å². The summed E-state index contributed by atoms with van der Waals surface area (Å²) in [4.78, 5) is 7.49. The Labute approximate surface area is 131 Å². The van der Waals surface area contributed by atoms with Crippen LogP contribution in [0, 0.1) is 0 Å². The number of benzene rings is 1. The summed E-state index contributed by atoms with van der Waals surface area (Å²) in [5.41, 5.74) is 2.27. The van der Waals surface area contributed by atoms with Gasteiger partial charge in [0.1, 0.15) is 10.2 Å². The van der Waals surface area contributed by atoms with Gasteiger partial charge in [-0.15, -0.1) is 11.3 Å². The van der Waals surface area contributed by atoms with Gasteiger partial charge in [0, 0.05) is 19.1 Å². The maximum absolute atomic E-state index is 11.0. The van der Waals surface area contributed by atoms with E-state index in [2.05, 4.69) is 57.0 Å². The van der Waals surface area contributed by atoms with Crippen LogP contribution < -0.4 is 0 Å². The normalized spacial score (nSPS) is 27.1. The largest absolute Gasteiger partial charge is 0.383 e. The van der Waals surface area contributed by atoms with E-state index in [0.29, 0.717) is 0 Å². The third kappa shape index (κ3) is 2.44. The molecule has 3 rings (SSSR count).